The van der Waals surface area contributed by atoms with Crippen LogP contribution in [0.4, 0.5) is 0 Å². The molecule has 0 aliphatic carbocycles. The summed E-state index contributed by atoms with van der Waals surface area (Å²) in [5, 5.41) is 11.9. The van der Waals surface area contributed by atoms with Crippen LogP contribution in [0.3, 0.4) is 0 Å². The first-order valence-electron chi connectivity index (χ1n) is 8.40. The molecule has 2 aromatic rings. The number of hydrogen-bond acceptors (Lipinski definition) is 5. The molecule has 0 bridgehead atoms. The van der Waals surface area contributed by atoms with Crippen molar-refractivity contribution in [2.45, 2.75) is 40.0 Å². The molecule has 0 unspecified atom stereocenters. The van der Waals surface area contributed by atoms with E-state index in [9.17, 15) is 0 Å². The van der Waals surface area contributed by atoms with Gasteiger partial charge in [0.1, 0.15) is 0 Å². The number of ether oxygens (including phenoxy) is 2. The van der Waals surface area contributed by atoms with Crippen LogP contribution in [-0.2, 0) is 6.42 Å². The topological polar surface area (TPSA) is 64.4 Å². The van der Waals surface area contributed by atoms with Gasteiger partial charge in [-0.15, -0.1) is 0 Å². The van der Waals surface area contributed by atoms with Crippen molar-refractivity contribution in [1.82, 2.24) is 14.9 Å². The highest BCUT2D eigenvalue weighted by Crippen LogP contribution is 2.36. The Balaban J connectivity index is 2.32. The minimum absolute atomic E-state index is 0.462. The van der Waals surface area contributed by atoms with Gasteiger partial charge >= 0.3 is 0 Å². The number of nitrogens with zero attached hydrogens (tertiary/aromatic N) is 3. The molecule has 0 atom stereocenters. The van der Waals surface area contributed by atoms with Gasteiger partial charge in [0.05, 0.1) is 24.5 Å². The number of aromatic nitrogens is 3. The molecule has 2 rings (SSSR count). The maximum atomic E-state index is 6.33. The van der Waals surface area contributed by atoms with E-state index in [1.165, 1.54) is 0 Å². The van der Waals surface area contributed by atoms with Crippen molar-refractivity contribution in [2.75, 3.05) is 13.2 Å². The van der Waals surface area contributed by atoms with Crippen molar-refractivity contribution in [3.63, 3.8) is 0 Å². The lowest BCUT2D eigenvalue weighted by molar-refractivity contribution is 0.288. The molecule has 0 amide bonds. The van der Waals surface area contributed by atoms with E-state index in [1.807, 2.05) is 19.9 Å². The van der Waals surface area contributed by atoms with Gasteiger partial charge in [-0.05, 0) is 50.2 Å². The second-order valence-electron chi connectivity index (χ2n) is 5.30. The molecule has 25 heavy (non-hydrogen) atoms. The van der Waals surface area contributed by atoms with Crippen molar-refractivity contribution in [3.05, 3.63) is 33.3 Å². The first-order chi connectivity index (χ1) is 12.1. The second kappa shape index (κ2) is 9.58. The van der Waals surface area contributed by atoms with Gasteiger partial charge < -0.3 is 9.47 Å². The lowest BCUT2D eigenvalue weighted by Crippen LogP contribution is -2.01. The third-order valence-electron chi connectivity index (χ3n) is 3.41. The largest absolute Gasteiger partial charge is 0.490 e. The summed E-state index contributed by atoms with van der Waals surface area (Å²) in [5.74, 6) is 1.96. The Bertz CT molecular complexity index is 785. The predicted molar refractivity (Wildman–Crippen MR) is 103 cm³/mol. The summed E-state index contributed by atoms with van der Waals surface area (Å²) in [7, 11) is 0. The van der Waals surface area contributed by atoms with Crippen molar-refractivity contribution < 1.29 is 9.47 Å². The number of aromatic amines is 1. The molecule has 1 aromatic carbocycles. The monoisotopic (exact) mass is 382 g/mol. The smallest absolute Gasteiger partial charge is 0.216 e. The van der Waals surface area contributed by atoms with Gasteiger partial charge in [0.2, 0.25) is 4.77 Å². The number of nitrogens with one attached hydrogen (secondary N) is 1. The van der Waals surface area contributed by atoms with E-state index in [0.717, 1.165) is 30.7 Å². The highest BCUT2D eigenvalue weighted by atomic mass is 35.5. The van der Waals surface area contributed by atoms with Crippen LogP contribution in [0, 0.1) is 4.77 Å². The van der Waals surface area contributed by atoms with Crippen LogP contribution in [0.15, 0.2) is 17.2 Å². The maximum Gasteiger partial charge on any atom is 0.216 e. The molecule has 0 aliphatic rings. The van der Waals surface area contributed by atoms with Crippen LogP contribution in [0.5, 0.6) is 11.5 Å². The number of H-pyrrole nitrogens is 1. The van der Waals surface area contributed by atoms with E-state index < -0.39 is 0 Å². The van der Waals surface area contributed by atoms with E-state index in [4.69, 9.17) is 33.3 Å². The Morgan fingerprint density at radius 3 is 2.72 bits per heavy atom. The second-order valence-corrected chi connectivity index (χ2v) is 6.09. The molecular formula is C17H23ClN4O2S. The quantitative estimate of drug-likeness (QED) is 0.507. The predicted octanol–water partition coefficient (Wildman–Crippen LogP) is 4.62. The molecule has 0 aliphatic heterocycles. The minimum atomic E-state index is 0.462. The van der Waals surface area contributed by atoms with Crippen LogP contribution in [0.1, 0.15) is 45.0 Å². The average Bonchev–Trinajstić information content (AvgIpc) is 2.94. The fourth-order valence-corrected chi connectivity index (χ4v) is 2.75. The summed E-state index contributed by atoms with van der Waals surface area (Å²) in [6.45, 7) is 6.98. The molecule has 1 heterocycles. The lowest BCUT2D eigenvalue weighted by atomic mass is 10.2. The molecule has 0 saturated carbocycles. The van der Waals surface area contributed by atoms with Crippen molar-refractivity contribution in [1.29, 1.82) is 0 Å². The van der Waals surface area contributed by atoms with Gasteiger partial charge in [-0.3, -0.25) is 5.10 Å². The van der Waals surface area contributed by atoms with E-state index in [1.54, 1.807) is 17.0 Å². The summed E-state index contributed by atoms with van der Waals surface area (Å²) in [6.07, 6.45) is 4.61. The average molecular weight is 383 g/mol. The van der Waals surface area contributed by atoms with Gasteiger partial charge in [0, 0.05) is 6.42 Å². The first-order valence-corrected chi connectivity index (χ1v) is 9.19. The Kier molecular flexibility index (Phi) is 7.46. The molecule has 8 heteroatoms. The number of hydrogen-bond donors (Lipinski definition) is 1. The summed E-state index contributed by atoms with van der Waals surface area (Å²) in [4.78, 5) is 0. The minimum Gasteiger partial charge on any atom is -0.490 e. The SMILES string of the molecule is CCCCc1n[nH]c(=S)n1/N=C\c1cc(Cl)c(OCC)c(OCC)c1. The lowest BCUT2D eigenvalue weighted by Gasteiger charge is -2.13. The van der Waals surface area contributed by atoms with Gasteiger partial charge in [-0.1, -0.05) is 24.9 Å². The van der Waals surface area contributed by atoms with Crippen molar-refractivity contribution >= 4 is 30.0 Å². The molecule has 0 radical (unpaired) electrons. The Morgan fingerprint density at radius 1 is 1.28 bits per heavy atom. The van der Waals surface area contributed by atoms with Crippen molar-refractivity contribution in [3.8, 4) is 11.5 Å². The van der Waals surface area contributed by atoms with Gasteiger partial charge in [0.25, 0.3) is 0 Å². The highest BCUT2D eigenvalue weighted by Gasteiger charge is 2.12. The number of halogens is 1. The van der Waals surface area contributed by atoms with Crippen LogP contribution >= 0.6 is 23.8 Å². The maximum absolute atomic E-state index is 6.33. The van der Waals surface area contributed by atoms with E-state index in [0.29, 0.717) is 34.5 Å². The summed E-state index contributed by atoms with van der Waals surface area (Å²) >= 11 is 11.6. The zero-order valence-corrected chi connectivity index (χ0v) is 16.3. The highest BCUT2D eigenvalue weighted by molar-refractivity contribution is 7.71. The van der Waals surface area contributed by atoms with Gasteiger partial charge in [0.15, 0.2) is 17.3 Å². The standard InChI is InChI=1S/C17H23ClN4O2S/c1-4-7-8-15-20-21-17(25)22(15)19-11-12-9-13(18)16(24-6-3)14(10-12)23-5-2/h9-11H,4-8H2,1-3H3,(H,21,25)/b19-11-. The third-order valence-corrected chi connectivity index (χ3v) is 3.96. The van der Waals surface area contributed by atoms with E-state index in [2.05, 4.69) is 22.2 Å². The van der Waals surface area contributed by atoms with Crippen LogP contribution in [0.2, 0.25) is 5.02 Å². The zero-order chi connectivity index (χ0) is 18.2. The van der Waals surface area contributed by atoms with Gasteiger partial charge in [-0.25, -0.2) is 0 Å². The molecule has 1 aromatic heterocycles. The number of benzene rings is 1. The Labute approximate surface area is 157 Å². The molecular weight excluding hydrogens is 360 g/mol. The number of unbranched alkanes of at least 4 members (excludes halogenated alkanes) is 1. The van der Waals surface area contributed by atoms with Crippen LogP contribution in [-0.4, -0.2) is 34.3 Å². The van der Waals surface area contributed by atoms with E-state index >= 15 is 0 Å². The van der Waals surface area contributed by atoms with Crippen LogP contribution < -0.4 is 9.47 Å². The summed E-state index contributed by atoms with van der Waals surface area (Å²) < 4.78 is 13.3. The molecule has 1 N–H and O–H groups in total. The molecule has 0 spiro atoms. The van der Waals surface area contributed by atoms with Gasteiger partial charge in [-0.2, -0.15) is 14.9 Å². The molecule has 6 nitrogen and oxygen atoms in total. The normalized spacial score (nSPS) is 11.2. The number of rotatable bonds is 9. The third kappa shape index (κ3) is 5.06. The fourth-order valence-electron chi connectivity index (χ4n) is 2.27. The van der Waals surface area contributed by atoms with E-state index in [-0.39, 0.29) is 0 Å². The number of aryl methyl sites for hydroxylation is 1. The summed E-state index contributed by atoms with van der Waals surface area (Å²) in [5.41, 5.74) is 0.793. The fraction of sp³-hybridized carbons (Fsp3) is 0.471. The zero-order valence-electron chi connectivity index (χ0n) is 14.7. The molecule has 0 saturated heterocycles. The summed E-state index contributed by atoms with van der Waals surface area (Å²) in [6, 6.07) is 3.63. The molecule has 0 fully saturated rings. The first kappa shape index (κ1) is 19.5. The van der Waals surface area contributed by atoms with Crippen molar-refractivity contribution in [2.24, 2.45) is 5.10 Å². The molecule has 136 valence electrons. The Hall–Kier alpha value is -1.86. The Morgan fingerprint density at radius 2 is 2.04 bits per heavy atom. The van der Waals surface area contributed by atoms with Crippen LogP contribution in [0.25, 0.3) is 0 Å².